The van der Waals surface area contributed by atoms with E-state index in [1.807, 2.05) is 18.7 Å². The monoisotopic (exact) mass is 319 g/mol. The van der Waals surface area contributed by atoms with Crippen molar-refractivity contribution in [1.29, 1.82) is 0 Å². The zero-order chi connectivity index (χ0) is 16.6. The zero-order valence-electron chi connectivity index (χ0n) is 14.5. The van der Waals surface area contributed by atoms with Gasteiger partial charge in [0.05, 0.1) is 11.8 Å². The molecule has 0 N–H and O–H groups in total. The number of hydrogen-bond acceptors (Lipinski definition) is 6. The highest BCUT2D eigenvalue weighted by Gasteiger charge is 2.28. The van der Waals surface area contributed by atoms with E-state index in [-0.39, 0.29) is 12.2 Å². The normalized spacial score (nSPS) is 22.7. The Morgan fingerprint density at radius 1 is 1.13 bits per heavy atom. The van der Waals surface area contributed by atoms with Crippen LogP contribution in [0.15, 0.2) is 4.42 Å². The minimum Gasteiger partial charge on any atom is -0.422 e. The van der Waals surface area contributed by atoms with Gasteiger partial charge < -0.3 is 14.1 Å². The summed E-state index contributed by atoms with van der Waals surface area (Å²) in [5.74, 6) is 1.24. The smallest absolute Gasteiger partial charge is 0.246 e. The van der Waals surface area contributed by atoms with Gasteiger partial charge in [-0.05, 0) is 39.8 Å². The minimum absolute atomic E-state index is 0.133. The van der Waals surface area contributed by atoms with E-state index in [0.717, 1.165) is 31.6 Å². The van der Waals surface area contributed by atoms with E-state index in [0.29, 0.717) is 11.8 Å². The Hall–Kier alpha value is -1.73. The Morgan fingerprint density at radius 3 is 2.57 bits per heavy atom. The van der Waals surface area contributed by atoms with Gasteiger partial charge >= 0.3 is 0 Å². The third kappa shape index (κ3) is 3.45. The number of hydrogen-bond donors (Lipinski definition) is 0. The molecule has 0 unspecified atom stereocenters. The molecule has 2 aromatic heterocycles. The predicted molar refractivity (Wildman–Crippen MR) is 85.2 cm³/mol. The van der Waals surface area contributed by atoms with E-state index in [1.54, 1.807) is 0 Å². The topological polar surface area (TPSA) is 69.2 Å². The third-order valence-corrected chi connectivity index (χ3v) is 4.45. The summed E-state index contributed by atoms with van der Waals surface area (Å²) >= 11 is 0. The first-order valence-electron chi connectivity index (χ1n) is 8.09. The predicted octanol–water partition coefficient (Wildman–Crippen LogP) is 1.60. The second-order valence-electron chi connectivity index (χ2n) is 6.46. The Labute approximate surface area is 136 Å². The number of likely N-dealkylation sites (N-methyl/N-ethyl adjacent to an activating group) is 1. The van der Waals surface area contributed by atoms with Gasteiger partial charge in [-0.15, -0.1) is 10.2 Å². The van der Waals surface area contributed by atoms with Crippen molar-refractivity contribution in [2.24, 2.45) is 7.05 Å². The van der Waals surface area contributed by atoms with Crippen LogP contribution < -0.4 is 0 Å². The van der Waals surface area contributed by atoms with Crippen molar-refractivity contribution < 1.29 is 9.15 Å². The van der Waals surface area contributed by atoms with Crippen molar-refractivity contribution in [3.05, 3.63) is 28.7 Å². The molecule has 2 aromatic rings. The fourth-order valence-corrected chi connectivity index (χ4v) is 3.21. The lowest BCUT2D eigenvalue weighted by molar-refractivity contribution is -0.0825. The van der Waals surface area contributed by atoms with Gasteiger partial charge in [0.1, 0.15) is 6.10 Å². The summed E-state index contributed by atoms with van der Waals surface area (Å²) in [6, 6.07) is 0. The molecule has 7 nitrogen and oxygen atoms in total. The second-order valence-corrected chi connectivity index (χ2v) is 6.46. The summed E-state index contributed by atoms with van der Waals surface area (Å²) in [5.41, 5.74) is 3.51. The maximum Gasteiger partial charge on any atom is 0.246 e. The average molecular weight is 319 g/mol. The molecule has 0 aromatic carbocycles. The van der Waals surface area contributed by atoms with Crippen LogP contribution in [0.2, 0.25) is 0 Å². The molecule has 0 spiro atoms. The molecule has 1 saturated heterocycles. The van der Waals surface area contributed by atoms with E-state index in [9.17, 15) is 0 Å². The number of ether oxygens (including phenoxy) is 1. The summed E-state index contributed by atoms with van der Waals surface area (Å²) in [4.78, 5) is 2.23. The first-order valence-corrected chi connectivity index (χ1v) is 8.09. The van der Waals surface area contributed by atoms with Crippen molar-refractivity contribution in [1.82, 2.24) is 24.9 Å². The molecule has 7 heteroatoms. The van der Waals surface area contributed by atoms with Crippen LogP contribution in [0.3, 0.4) is 0 Å². The molecule has 1 aliphatic heterocycles. The summed E-state index contributed by atoms with van der Waals surface area (Å²) < 4.78 is 13.6. The Morgan fingerprint density at radius 2 is 1.91 bits per heavy atom. The van der Waals surface area contributed by atoms with E-state index in [2.05, 4.69) is 41.1 Å². The quantitative estimate of drug-likeness (QED) is 0.852. The highest BCUT2D eigenvalue weighted by atomic mass is 16.5. The molecule has 0 bridgehead atoms. The van der Waals surface area contributed by atoms with Crippen LogP contribution in [0.25, 0.3) is 0 Å². The lowest BCUT2D eigenvalue weighted by atomic mass is 10.1. The number of rotatable bonds is 4. The molecule has 0 radical (unpaired) electrons. The Bertz CT molecular complexity index is 668. The molecule has 126 valence electrons. The standard InChI is InChI=1S/C16H25N5O2/c1-10-8-20(4)9-14(22-10)16-18-17-15(23-16)7-6-13-11(2)19-21(5)12(13)3/h10,14H,6-9H2,1-5H3/t10-,14-/m1/s1. The zero-order valence-corrected chi connectivity index (χ0v) is 14.5. The first-order chi connectivity index (χ1) is 10.9. The Kier molecular flexibility index (Phi) is 4.50. The largest absolute Gasteiger partial charge is 0.422 e. The van der Waals surface area contributed by atoms with Crippen LogP contribution in [-0.4, -0.2) is 51.1 Å². The summed E-state index contributed by atoms with van der Waals surface area (Å²) in [7, 11) is 4.05. The van der Waals surface area contributed by atoms with Crippen LogP contribution in [0.1, 0.15) is 41.8 Å². The third-order valence-electron chi connectivity index (χ3n) is 4.45. The molecule has 1 fully saturated rings. The number of morpholine rings is 1. The summed E-state index contributed by atoms with van der Waals surface area (Å²) in [6.07, 6.45) is 1.62. The minimum atomic E-state index is -0.133. The number of aryl methyl sites for hydroxylation is 3. The van der Waals surface area contributed by atoms with Gasteiger partial charge in [-0.3, -0.25) is 4.68 Å². The van der Waals surface area contributed by atoms with E-state index in [4.69, 9.17) is 9.15 Å². The number of nitrogens with zero attached hydrogens (tertiary/aromatic N) is 5. The maximum absolute atomic E-state index is 5.91. The second kappa shape index (κ2) is 6.41. The van der Waals surface area contributed by atoms with Gasteiger partial charge in [-0.2, -0.15) is 5.10 Å². The van der Waals surface area contributed by atoms with Gasteiger partial charge in [-0.1, -0.05) is 0 Å². The summed E-state index contributed by atoms with van der Waals surface area (Å²) in [5, 5.41) is 12.8. The maximum atomic E-state index is 5.91. The molecule has 3 rings (SSSR count). The van der Waals surface area contributed by atoms with Crippen LogP contribution in [0.4, 0.5) is 0 Å². The van der Waals surface area contributed by atoms with E-state index >= 15 is 0 Å². The Balaban J connectivity index is 1.65. The van der Waals surface area contributed by atoms with Crippen molar-refractivity contribution in [3.8, 4) is 0 Å². The van der Waals surface area contributed by atoms with Crippen molar-refractivity contribution >= 4 is 0 Å². The van der Waals surface area contributed by atoms with Crippen LogP contribution in [0, 0.1) is 13.8 Å². The molecular formula is C16H25N5O2. The molecule has 0 aliphatic carbocycles. The lowest BCUT2D eigenvalue weighted by Crippen LogP contribution is -2.40. The molecule has 1 aliphatic rings. The van der Waals surface area contributed by atoms with Gasteiger partial charge in [0.25, 0.3) is 0 Å². The highest BCUT2D eigenvalue weighted by Crippen LogP contribution is 2.24. The van der Waals surface area contributed by atoms with Gasteiger partial charge in [-0.25, -0.2) is 0 Å². The lowest BCUT2D eigenvalue weighted by Gasteiger charge is -2.32. The molecule has 2 atom stereocenters. The van der Waals surface area contributed by atoms with E-state index < -0.39 is 0 Å². The van der Waals surface area contributed by atoms with Crippen LogP contribution in [-0.2, 0) is 24.6 Å². The molecule has 0 saturated carbocycles. The molecule has 3 heterocycles. The van der Waals surface area contributed by atoms with Crippen LogP contribution >= 0.6 is 0 Å². The molecular weight excluding hydrogens is 294 g/mol. The van der Waals surface area contributed by atoms with Gasteiger partial charge in [0, 0.05) is 32.3 Å². The van der Waals surface area contributed by atoms with Crippen molar-refractivity contribution in [2.75, 3.05) is 20.1 Å². The van der Waals surface area contributed by atoms with Gasteiger partial charge in [0.15, 0.2) is 0 Å². The fraction of sp³-hybridized carbons (Fsp3) is 0.688. The summed E-state index contributed by atoms with van der Waals surface area (Å²) in [6.45, 7) is 7.90. The highest BCUT2D eigenvalue weighted by molar-refractivity contribution is 5.24. The number of aromatic nitrogens is 4. The van der Waals surface area contributed by atoms with Crippen molar-refractivity contribution in [2.45, 2.75) is 45.8 Å². The van der Waals surface area contributed by atoms with Gasteiger partial charge in [0.2, 0.25) is 11.8 Å². The SMILES string of the molecule is Cc1nn(C)c(C)c1CCc1nnc([C@H]2CN(C)C[C@@H](C)O2)o1. The van der Waals surface area contributed by atoms with E-state index in [1.165, 1.54) is 11.3 Å². The molecule has 23 heavy (non-hydrogen) atoms. The van der Waals surface area contributed by atoms with Crippen LogP contribution in [0.5, 0.6) is 0 Å². The first kappa shape index (κ1) is 16.1. The fourth-order valence-electron chi connectivity index (χ4n) is 3.21. The molecule has 0 amide bonds. The van der Waals surface area contributed by atoms with Crippen molar-refractivity contribution in [3.63, 3.8) is 0 Å². The average Bonchev–Trinajstić information content (AvgIpc) is 3.03.